The van der Waals surface area contributed by atoms with Gasteiger partial charge in [0.25, 0.3) is 0 Å². The van der Waals surface area contributed by atoms with Crippen molar-refractivity contribution in [2.24, 2.45) is 0 Å². The van der Waals surface area contributed by atoms with E-state index in [1.54, 1.807) is 26.0 Å². The van der Waals surface area contributed by atoms with E-state index >= 15 is 0 Å². The first-order valence-electron chi connectivity index (χ1n) is 12.9. The zero-order valence-electron chi connectivity index (χ0n) is 25.0. The fourth-order valence-electron chi connectivity index (χ4n) is 5.32. The van der Waals surface area contributed by atoms with Crippen LogP contribution in [0.4, 0.5) is 0 Å². The predicted octanol–water partition coefficient (Wildman–Crippen LogP) is 1.50. The second kappa shape index (κ2) is 13.3. The fourth-order valence-corrected chi connectivity index (χ4v) is 6.35. The number of hydrogen-bond donors (Lipinski definition) is 0. The Balaban J connectivity index is 0.00000221. The number of aryl methyl sites for hydroxylation is 4. The van der Waals surface area contributed by atoms with E-state index in [4.69, 9.17) is 13.0 Å². The molecule has 12 heteroatoms. The predicted molar refractivity (Wildman–Crippen MR) is 159 cm³/mol. The molecule has 1 atom stereocenters. The van der Waals surface area contributed by atoms with Crippen molar-refractivity contribution in [1.29, 1.82) is 0 Å². The molecular weight excluding hydrogens is 622 g/mol. The number of rotatable bonds is 6. The molecule has 0 spiro atoms. The molecule has 2 heterocycles. The zero-order valence-corrected chi connectivity index (χ0v) is 30.6. The van der Waals surface area contributed by atoms with Crippen molar-refractivity contribution in [3.05, 3.63) is 95.1 Å². The average molecular weight is 647 g/mol. The van der Waals surface area contributed by atoms with Crippen molar-refractivity contribution < 1.29 is 93.9 Å². The monoisotopic (exact) mass is 646 g/mol. The summed E-state index contributed by atoms with van der Waals surface area (Å²) in [5.74, 6) is 1.52. The maximum atomic E-state index is 11.6. The van der Waals surface area contributed by atoms with E-state index in [9.17, 15) is 21.7 Å². The second-order valence-corrected chi connectivity index (χ2v) is 12.2. The van der Waals surface area contributed by atoms with Gasteiger partial charge in [-0.15, -0.1) is 0 Å². The van der Waals surface area contributed by atoms with E-state index in [1.807, 2.05) is 68.4 Å². The van der Waals surface area contributed by atoms with Crippen LogP contribution in [0.3, 0.4) is 0 Å². The van der Waals surface area contributed by atoms with E-state index in [1.165, 1.54) is 6.07 Å². The molecule has 0 saturated heterocycles. The SMILES string of the molecule is Cc1cc2c(C)c(-c3ccc(-c4ccc(-c5oc6cc(S(=O)(=O)[O-])c(C)cc6c5C)cc4)cc3)oc2cc1OS(=O)[O-].[Na+].[Na+]. The van der Waals surface area contributed by atoms with Gasteiger partial charge in [-0.25, -0.2) is 12.6 Å². The summed E-state index contributed by atoms with van der Waals surface area (Å²) in [4.78, 5) is -0.280. The van der Waals surface area contributed by atoms with Crippen molar-refractivity contribution in [3.63, 3.8) is 0 Å². The molecule has 0 saturated carbocycles. The van der Waals surface area contributed by atoms with Gasteiger partial charge in [-0.3, -0.25) is 0 Å². The molecule has 214 valence electrons. The number of benzene rings is 4. The van der Waals surface area contributed by atoms with Crippen LogP contribution in [0.2, 0.25) is 0 Å². The van der Waals surface area contributed by atoms with Gasteiger partial charge < -0.3 is 22.1 Å². The Morgan fingerprint density at radius 3 is 1.50 bits per heavy atom. The van der Waals surface area contributed by atoms with Crippen molar-refractivity contribution in [2.75, 3.05) is 0 Å². The van der Waals surface area contributed by atoms with Crippen molar-refractivity contribution >= 4 is 43.4 Å². The average Bonchev–Trinajstić information content (AvgIpc) is 3.43. The summed E-state index contributed by atoms with van der Waals surface area (Å²) >= 11 is -2.68. The van der Waals surface area contributed by atoms with Crippen molar-refractivity contribution in [2.45, 2.75) is 32.6 Å². The summed E-state index contributed by atoms with van der Waals surface area (Å²) in [7, 11) is -4.61. The Morgan fingerprint density at radius 1 is 0.659 bits per heavy atom. The van der Waals surface area contributed by atoms with Crippen LogP contribution in [-0.2, 0) is 21.5 Å². The van der Waals surface area contributed by atoms with Crippen LogP contribution in [0.15, 0.2) is 86.5 Å². The molecule has 6 rings (SSSR count). The molecule has 2 aromatic heterocycles. The first-order valence-corrected chi connectivity index (χ1v) is 15.3. The third-order valence-electron chi connectivity index (χ3n) is 7.52. The van der Waals surface area contributed by atoms with E-state index in [0.717, 1.165) is 44.2 Å². The molecule has 8 nitrogen and oxygen atoms in total. The quantitative estimate of drug-likeness (QED) is 0.151. The molecule has 0 aliphatic heterocycles. The number of fused-ring (bicyclic) bond motifs is 2. The van der Waals surface area contributed by atoms with Crippen molar-refractivity contribution in [3.8, 4) is 39.5 Å². The first kappa shape index (κ1) is 34.6. The van der Waals surface area contributed by atoms with Gasteiger partial charge in [0.05, 0.1) is 4.90 Å². The molecular formula is C32H24Na2O8S2. The first-order chi connectivity index (χ1) is 19.9. The van der Waals surface area contributed by atoms with E-state index in [0.29, 0.717) is 33.8 Å². The molecule has 4 aromatic carbocycles. The van der Waals surface area contributed by atoms with E-state index in [-0.39, 0.29) is 69.8 Å². The minimum atomic E-state index is -4.61. The van der Waals surface area contributed by atoms with Gasteiger partial charge >= 0.3 is 59.1 Å². The molecule has 6 aromatic rings. The summed E-state index contributed by atoms with van der Waals surface area (Å²) in [6, 6.07) is 22.2. The molecule has 44 heavy (non-hydrogen) atoms. The molecule has 0 bridgehead atoms. The summed E-state index contributed by atoms with van der Waals surface area (Å²) in [6.45, 7) is 7.24. The zero-order chi connectivity index (χ0) is 29.9. The van der Waals surface area contributed by atoms with Crippen LogP contribution < -0.4 is 63.3 Å². The van der Waals surface area contributed by atoms with Crippen LogP contribution >= 0.6 is 0 Å². The summed E-state index contributed by atoms with van der Waals surface area (Å²) in [5, 5.41) is 1.64. The van der Waals surface area contributed by atoms with Crippen molar-refractivity contribution in [1.82, 2.24) is 0 Å². The standard InChI is InChI=1S/C32H26O8S2.2Na/c1-17-13-25-19(3)31(38-28(25)15-27(17)40-41(33)34)23-9-5-21(6-10-23)22-7-11-24(12-8-22)32-20(4)26-14-18(2)30(42(35,36)37)16-29(26)39-32;;/h5-16H,1-4H3,(H,33,34)(H,35,36,37);;/q;2*+1/p-2. The third-order valence-corrected chi connectivity index (χ3v) is 8.82. The summed E-state index contributed by atoms with van der Waals surface area (Å²) in [5.41, 5.74) is 7.44. The summed E-state index contributed by atoms with van der Waals surface area (Å²) in [6.07, 6.45) is 0. The Labute approximate surface area is 301 Å². The smallest absolute Gasteiger partial charge is 0.744 e. The van der Waals surface area contributed by atoms with Gasteiger partial charge in [-0.1, -0.05) is 48.5 Å². The molecule has 0 aliphatic rings. The maximum Gasteiger partial charge on any atom is 1.00 e. The van der Waals surface area contributed by atoms with Crippen LogP contribution in [-0.4, -0.2) is 21.7 Å². The second-order valence-electron chi connectivity index (χ2n) is 10.2. The molecule has 1 unspecified atom stereocenters. The van der Waals surface area contributed by atoms with Gasteiger partial charge in [0, 0.05) is 39.1 Å². The molecule has 0 N–H and O–H groups in total. The van der Waals surface area contributed by atoms with Crippen LogP contribution in [0, 0.1) is 27.7 Å². The Kier molecular flexibility index (Phi) is 10.4. The van der Waals surface area contributed by atoms with Gasteiger partial charge in [0.1, 0.15) is 49.9 Å². The van der Waals surface area contributed by atoms with E-state index in [2.05, 4.69) is 0 Å². The molecule has 0 aliphatic carbocycles. The largest absolute Gasteiger partial charge is 1.00 e. The van der Waals surface area contributed by atoms with Crippen LogP contribution in [0.1, 0.15) is 22.3 Å². The van der Waals surface area contributed by atoms with Gasteiger partial charge in [0.15, 0.2) is 0 Å². The fraction of sp³-hybridized carbons (Fsp3) is 0.125. The summed E-state index contributed by atoms with van der Waals surface area (Å²) < 4.78 is 73.9. The number of hydrogen-bond acceptors (Lipinski definition) is 8. The molecule has 0 amide bonds. The van der Waals surface area contributed by atoms with E-state index < -0.39 is 21.5 Å². The molecule has 0 radical (unpaired) electrons. The maximum absolute atomic E-state index is 11.6. The molecule has 0 fully saturated rings. The Bertz CT molecular complexity index is 2150. The van der Waals surface area contributed by atoms with Gasteiger partial charge in [0.2, 0.25) is 0 Å². The minimum Gasteiger partial charge on any atom is -0.744 e. The van der Waals surface area contributed by atoms with Gasteiger partial charge in [-0.2, -0.15) is 0 Å². The van der Waals surface area contributed by atoms with Gasteiger partial charge in [-0.05, 0) is 68.1 Å². The normalized spacial score (nSPS) is 12.1. The third kappa shape index (κ3) is 6.52. The topological polar surface area (TPSA) is 133 Å². The number of furan rings is 2. The Hall–Kier alpha value is -2.22. The Morgan fingerprint density at radius 2 is 1.07 bits per heavy atom. The minimum absolute atomic E-state index is 0. The van der Waals surface area contributed by atoms with Crippen LogP contribution in [0.5, 0.6) is 5.75 Å². The van der Waals surface area contributed by atoms with Crippen LogP contribution in [0.25, 0.3) is 55.7 Å².